The summed E-state index contributed by atoms with van der Waals surface area (Å²) >= 11 is 0. The number of aliphatic imine (C=N–C) groups is 1. The first kappa shape index (κ1) is 22.7. The molecule has 1 unspecified atom stereocenters. The summed E-state index contributed by atoms with van der Waals surface area (Å²) in [5.74, 6) is 0.773. The van der Waals surface area contributed by atoms with Crippen LogP contribution in [-0.4, -0.2) is 38.0 Å². The van der Waals surface area contributed by atoms with Crippen LogP contribution in [0.4, 0.5) is 11.4 Å². The van der Waals surface area contributed by atoms with Gasteiger partial charge in [-0.05, 0) is 68.5 Å². The summed E-state index contributed by atoms with van der Waals surface area (Å²) in [6.07, 6.45) is 3.41. The van der Waals surface area contributed by atoms with Gasteiger partial charge < -0.3 is 20.9 Å². The zero-order valence-electron chi connectivity index (χ0n) is 18.9. The highest BCUT2D eigenvalue weighted by Gasteiger charge is 2.14. The van der Waals surface area contributed by atoms with Gasteiger partial charge in [-0.25, -0.2) is 0 Å². The second-order valence-corrected chi connectivity index (χ2v) is 8.04. The molecule has 2 aromatic rings. The van der Waals surface area contributed by atoms with E-state index < -0.39 is 0 Å². The molecule has 0 aromatic heterocycles. The Bertz CT molecular complexity index is 872. The minimum atomic E-state index is -0.0567. The molecular weight excluding hydrogens is 386 g/mol. The summed E-state index contributed by atoms with van der Waals surface area (Å²) in [7, 11) is 0. The number of anilines is 2. The van der Waals surface area contributed by atoms with Crippen molar-refractivity contribution in [2.75, 3.05) is 36.4 Å². The summed E-state index contributed by atoms with van der Waals surface area (Å²) in [6.45, 7) is 9.59. The average molecular weight is 422 g/mol. The minimum absolute atomic E-state index is 0.0567. The third-order valence-corrected chi connectivity index (χ3v) is 5.48. The molecule has 0 radical (unpaired) electrons. The minimum Gasteiger partial charge on any atom is -0.372 e. The molecule has 166 valence electrons. The molecular formula is C25H35N5O. The number of benzene rings is 2. The molecule has 0 bridgehead atoms. The van der Waals surface area contributed by atoms with Crippen molar-refractivity contribution < 1.29 is 4.79 Å². The van der Waals surface area contributed by atoms with E-state index in [0.29, 0.717) is 6.54 Å². The van der Waals surface area contributed by atoms with E-state index in [9.17, 15) is 4.79 Å². The highest BCUT2D eigenvalue weighted by molar-refractivity contribution is 5.88. The number of nitrogens with zero attached hydrogens (tertiary/aromatic N) is 2. The smallest absolute Gasteiger partial charge is 0.221 e. The molecule has 2 aromatic carbocycles. The van der Waals surface area contributed by atoms with Crippen LogP contribution >= 0.6 is 0 Å². The van der Waals surface area contributed by atoms with Crippen LogP contribution < -0.4 is 20.9 Å². The highest BCUT2D eigenvalue weighted by atomic mass is 16.1. The Morgan fingerprint density at radius 2 is 1.87 bits per heavy atom. The van der Waals surface area contributed by atoms with Crippen LogP contribution in [0, 0.1) is 0 Å². The van der Waals surface area contributed by atoms with Crippen LogP contribution in [0.1, 0.15) is 50.8 Å². The fourth-order valence-electron chi connectivity index (χ4n) is 3.83. The van der Waals surface area contributed by atoms with E-state index in [1.165, 1.54) is 36.6 Å². The van der Waals surface area contributed by atoms with Crippen molar-refractivity contribution in [3.8, 4) is 0 Å². The van der Waals surface area contributed by atoms with E-state index in [4.69, 9.17) is 4.99 Å². The predicted octanol–water partition coefficient (Wildman–Crippen LogP) is 4.10. The monoisotopic (exact) mass is 421 g/mol. The average Bonchev–Trinajstić information content (AvgIpc) is 3.30. The first-order chi connectivity index (χ1) is 15.0. The number of hydrogen-bond donors (Lipinski definition) is 3. The number of rotatable bonds is 8. The molecule has 1 heterocycles. The van der Waals surface area contributed by atoms with Gasteiger partial charge in [0.2, 0.25) is 5.91 Å². The first-order valence-corrected chi connectivity index (χ1v) is 11.3. The van der Waals surface area contributed by atoms with E-state index in [1.807, 2.05) is 24.3 Å². The maximum Gasteiger partial charge on any atom is 0.221 e. The maximum atomic E-state index is 11.1. The number of amides is 1. The molecule has 31 heavy (non-hydrogen) atoms. The van der Waals surface area contributed by atoms with Crippen molar-refractivity contribution in [3.63, 3.8) is 0 Å². The number of guanidine groups is 1. The van der Waals surface area contributed by atoms with Gasteiger partial charge in [-0.2, -0.15) is 0 Å². The van der Waals surface area contributed by atoms with Crippen molar-refractivity contribution in [1.82, 2.24) is 10.6 Å². The normalized spacial score (nSPS) is 14.9. The second kappa shape index (κ2) is 11.4. The SMILES string of the molecule is CCNC(=NCCc1ccc(NC(C)=O)cc1)NC(C)c1cccc(N2CCCC2)c1. The summed E-state index contributed by atoms with van der Waals surface area (Å²) in [4.78, 5) is 18.4. The number of carbonyl (C=O) groups is 1. The van der Waals surface area contributed by atoms with E-state index >= 15 is 0 Å². The molecule has 0 spiro atoms. The zero-order chi connectivity index (χ0) is 22.1. The van der Waals surface area contributed by atoms with Crippen LogP contribution in [-0.2, 0) is 11.2 Å². The fraction of sp³-hybridized carbons (Fsp3) is 0.440. The van der Waals surface area contributed by atoms with Crippen LogP contribution in [0.15, 0.2) is 53.5 Å². The first-order valence-electron chi connectivity index (χ1n) is 11.3. The van der Waals surface area contributed by atoms with Gasteiger partial charge in [-0.1, -0.05) is 24.3 Å². The third kappa shape index (κ3) is 7.02. The Kier molecular flexibility index (Phi) is 8.33. The molecule has 6 heteroatoms. The van der Waals surface area contributed by atoms with Crippen LogP contribution in [0.25, 0.3) is 0 Å². The molecule has 1 atom stereocenters. The Balaban J connectivity index is 1.57. The molecule has 0 aliphatic carbocycles. The Labute approximate surface area is 186 Å². The molecule has 1 amide bonds. The summed E-state index contributed by atoms with van der Waals surface area (Å²) in [5.41, 5.74) is 4.59. The lowest BCUT2D eigenvalue weighted by Gasteiger charge is -2.22. The molecule has 1 fully saturated rings. The molecule has 0 saturated carbocycles. The largest absolute Gasteiger partial charge is 0.372 e. The molecule has 6 nitrogen and oxygen atoms in total. The van der Waals surface area contributed by atoms with Crippen LogP contribution in [0.3, 0.4) is 0 Å². The van der Waals surface area contributed by atoms with E-state index in [0.717, 1.165) is 37.7 Å². The third-order valence-electron chi connectivity index (χ3n) is 5.48. The van der Waals surface area contributed by atoms with Crippen molar-refractivity contribution in [2.45, 2.75) is 46.1 Å². The Morgan fingerprint density at radius 3 is 2.55 bits per heavy atom. The molecule has 3 N–H and O–H groups in total. The Hall–Kier alpha value is -3.02. The van der Waals surface area contributed by atoms with Crippen molar-refractivity contribution in [3.05, 3.63) is 59.7 Å². The summed E-state index contributed by atoms with van der Waals surface area (Å²) in [5, 5.41) is 9.69. The highest BCUT2D eigenvalue weighted by Crippen LogP contribution is 2.24. The number of carbonyl (C=O) groups excluding carboxylic acids is 1. The van der Waals surface area contributed by atoms with Gasteiger partial charge in [-0.3, -0.25) is 9.79 Å². The van der Waals surface area contributed by atoms with Gasteiger partial charge in [0.1, 0.15) is 0 Å². The quantitative estimate of drug-likeness (QED) is 0.443. The summed E-state index contributed by atoms with van der Waals surface area (Å²) in [6, 6.07) is 16.9. The van der Waals surface area contributed by atoms with Gasteiger partial charge >= 0.3 is 0 Å². The lowest BCUT2D eigenvalue weighted by molar-refractivity contribution is -0.114. The fourth-order valence-corrected chi connectivity index (χ4v) is 3.83. The van der Waals surface area contributed by atoms with Crippen molar-refractivity contribution >= 4 is 23.2 Å². The van der Waals surface area contributed by atoms with E-state index in [1.54, 1.807) is 0 Å². The van der Waals surface area contributed by atoms with E-state index in [-0.39, 0.29) is 11.9 Å². The van der Waals surface area contributed by atoms with Crippen LogP contribution in [0.5, 0.6) is 0 Å². The molecule has 3 rings (SSSR count). The van der Waals surface area contributed by atoms with Crippen LogP contribution in [0.2, 0.25) is 0 Å². The molecule has 1 aliphatic heterocycles. The standard InChI is InChI=1S/C25H35N5O/c1-4-26-25(27-15-14-21-10-12-23(13-11-21)29-20(3)31)28-19(2)22-8-7-9-24(18-22)30-16-5-6-17-30/h7-13,18-19H,4-6,14-17H2,1-3H3,(H,29,31)(H2,26,27,28). The summed E-state index contributed by atoms with van der Waals surface area (Å²) < 4.78 is 0. The van der Waals surface area contributed by atoms with E-state index in [2.05, 4.69) is 59.0 Å². The second-order valence-electron chi connectivity index (χ2n) is 8.04. The molecule has 1 saturated heterocycles. The van der Waals surface area contributed by atoms with Gasteiger partial charge in [0.05, 0.1) is 6.04 Å². The van der Waals surface area contributed by atoms with Gasteiger partial charge in [0.15, 0.2) is 5.96 Å². The number of hydrogen-bond acceptors (Lipinski definition) is 3. The predicted molar refractivity (Wildman–Crippen MR) is 130 cm³/mol. The van der Waals surface area contributed by atoms with Crippen molar-refractivity contribution in [1.29, 1.82) is 0 Å². The van der Waals surface area contributed by atoms with Crippen molar-refractivity contribution in [2.24, 2.45) is 4.99 Å². The Morgan fingerprint density at radius 1 is 1.13 bits per heavy atom. The maximum absolute atomic E-state index is 11.1. The van der Waals surface area contributed by atoms with Gasteiger partial charge in [-0.15, -0.1) is 0 Å². The van der Waals surface area contributed by atoms with Gasteiger partial charge in [0, 0.05) is 44.5 Å². The topological polar surface area (TPSA) is 68.8 Å². The lowest BCUT2D eigenvalue weighted by atomic mass is 10.1. The molecule has 1 aliphatic rings. The van der Waals surface area contributed by atoms with Gasteiger partial charge in [0.25, 0.3) is 0 Å². The lowest BCUT2D eigenvalue weighted by Crippen LogP contribution is -2.39. The zero-order valence-corrected chi connectivity index (χ0v) is 18.9. The number of nitrogens with one attached hydrogen (secondary N) is 3.